The van der Waals surface area contributed by atoms with Gasteiger partial charge in [0.15, 0.2) is 0 Å². The number of halogens is 2. The van der Waals surface area contributed by atoms with Crippen LogP contribution in [0.15, 0.2) is 30.6 Å². The maximum Gasteiger partial charge on any atom is 0.272 e. The summed E-state index contributed by atoms with van der Waals surface area (Å²) in [6.07, 6.45) is 3.58. The fraction of sp³-hybridized carbons (Fsp3) is 0.353. The molecule has 0 bridgehead atoms. The molecule has 7 heteroatoms. The van der Waals surface area contributed by atoms with E-state index in [1.807, 2.05) is 4.90 Å². The van der Waals surface area contributed by atoms with Gasteiger partial charge in [0.25, 0.3) is 5.91 Å². The number of nitrogens with zero attached hydrogens (tertiary/aromatic N) is 3. The highest BCUT2D eigenvalue weighted by atomic mass is 35.5. The number of benzene rings is 1. The van der Waals surface area contributed by atoms with E-state index in [4.69, 9.17) is 23.2 Å². The molecule has 1 atom stereocenters. The second kappa shape index (κ2) is 7.36. The molecule has 0 radical (unpaired) electrons. The van der Waals surface area contributed by atoms with Crippen LogP contribution < -0.4 is 5.32 Å². The Morgan fingerprint density at radius 3 is 2.88 bits per heavy atom. The summed E-state index contributed by atoms with van der Waals surface area (Å²) in [4.78, 5) is 22.8. The fourth-order valence-corrected chi connectivity index (χ4v) is 3.26. The lowest BCUT2D eigenvalue weighted by Gasteiger charge is -2.30. The molecule has 126 valence electrons. The van der Waals surface area contributed by atoms with Gasteiger partial charge in [-0.05, 0) is 37.0 Å². The van der Waals surface area contributed by atoms with E-state index in [0.717, 1.165) is 25.9 Å². The zero-order valence-corrected chi connectivity index (χ0v) is 14.8. The third-order valence-electron chi connectivity index (χ3n) is 4.02. The number of hydrogen-bond acceptors (Lipinski definition) is 4. The number of likely N-dealkylation sites (tertiary alicyclic amines) is 1. The number of rotatable bonds is 3. The minimum Gasteiger partial charge on any atom is -0.339 e. The van der Waals surface area contributed by atoms with E-state index in [0.29, 0.717) is 33.2 Å². The van der Waals surface area contributed by atoms with Crippen molar-refractivity contribution < 1.29 is 4.79 Å². The lowest BCUT2D eigenvalue weighted by Crippen LogP contribution is -2.39. The number of amides is 1. The molecule has 1 aliphatic heterocycles. The van der Waals surface area contributed by atoms with Crippen molar-refractivity contribution in [1.82, 2.24) is 14.9 Å². The smallest absolute Gasteiger partial charge is 0.272 e. The number of aromatic nitrogens is 2. The lowest BCUT2D eigenvalue weighted by atomic mass is 10.00. The molecule has 3 rings (SSSR count). The zero-order chi connectivity index (χ0) is 17.1. The van der Waals surface area contributed by atoms with Crippen molar-refractivity contribution in [2.75, 3.05) is 18.4 Å². The predicted octanol–water partition coefficient (Wildman–Crippen LogP) is 4.40. The standard InChI is InChI=1S/C17H18Cl2N4O/c1-11-3-2-6-23(9-11)17(24)15-8-16(21-10-20-15)22-14-5-4-12(18)7-13(14)19/h4-5,7-8,10-11H,2-3,6,9H2,1H3,(H,20,21,22). The maximum absolute atomic E-state index is 12.6. The van der Waals surface area contributed by atoms with E-state index >= 15 is 0 Å². The number of piperidine rings is 1. The van der Waals surface area contributed by atoms with Crippen molar-refractivity contribution in [2.24, 2.45) is 5.92 Å². The third kappa shape index (κ3) is 3.97. The van der Waals surface area contributed by atoms with Gasteiger partial charge in [-0.1, -0.05) is 30.1 Å². The van der Waals surface area contributed by atoms with Gasteiger partial charge < -0.3 is 10.2 Å². The van der Waals surface area contributed by atoms with Gasteiger partial charge in [0.05, 0.1) is 10.7 Å². The van der Waals surface area contributed by atoms with Crippen LogP contribution in [0, 0.1) is 5.92 Å². The molecular formula is C17H18Cl2N4O. The molecule has 2 aromatic rings. The molecule has 0 spiro atoms. The minimum atomic E-state index is -0.0609. The summed E-state index contributed by atoms with van der Waals surface area (Å²) in [7, 11) is 0. The Labute approximate surface area is 151 Å². The Kier molecular flexibility index (Phi) is 5.21. The van der Waals surface area contributed by atoms with Gasteiger partial charge in [0.2, 0.25) is 0 Å². The van der Waals surface area contributed by atoms with Gasteiger partial charge >= 0.3 is 0 Å². The highest BCUT2D eigenvalue weighted by Gasteiger charge is 2.23. The van der Waals surface area contributed by atoms with Crippen LogP contribution in [-0.2, 0) is 0 Å². The van der Waals surface area contributed by atoms with Crippen molar-refractivity contribution >= 4 is 40.6 Å². The number of carbonyl (C=O) groups is 1. The van der Waals surface area contributed by atoms with Crippen LogP contribution in [0.1, 0.15) is 30.3 Å². The molecular weight excluding hydrogens is 347 g/mol. The molecule has 1 aromatic carbocycles. The van der Waals surface area contributed by atoms with E-state index in [9.17, 15) is 4.79 Å². The number of carbonyl (C=O) groups excluding carboxylic acids is 1. The first-order chi connectivity index (χ1) is 11.5. The number of anilines is 2. The summed E-state index contributed by atoms with van der Waals surface area (Å²) in [6, 6.07) is 6.79. The summed E-state index contributed by atoms with van der Waals surface area (Å²) in [5, 5.41) is 4.14. The first-order valence-corrected chi connectivity index (χ1v) is 8.62. The predicted molar refractivity (Wildman–Crippen MR) is 96.1 cm³/mol. The van der Waals surface area contributed by atoms with Crippen molar-refractivity contribution in [3.8, 4) is 0 Å². The molecule has 0 saturated carbocycles. The zero-order valence-electron chi connectivity index (χ0n) is 13.3. The van der Waals surface area contributed by atoms with Crippen LogP contribution in [-0.4, -0.2) is 33.9 Å². The van der Waals surface area contributed by atoms with Crippen LogP contribution in [0.3, 0.4) is 0 Å². The van der Waals surface area contributed by atoms with Crippen molar-refractivity contribution in [2.45, 2.75) is 19.8 Å². The van der Waals surface area contributed by atoms with Crippen LogP contribution in [0.2, 0.25) is 10.0 Å². The average Bonchev–Trinajstić information content (AvgIpc) is 2.57. The normalized spacial score (nSPS) is 17.6. The monoisotopic (exact) mass is 364 g/mol. The second-order valence-electron chi connectivity index (χ2n) is 6.04. The Morgan fingerprint density at radius 2 is 2.12 bits per heavy atom. The average molecular weight is 365 g/mol. The summed E-state index contributed by atoms with van der Waals surface area (Å²) in [6.45, 7) is 3.71. The fourth-order valence-electron chi connectivity index (χ4n) is 2.81. The highest BCUT2D eigenvalue weighted by Crippen LogP contribution is 2.27. The number of nitrogens with one attached hydrogen (secondary N) is 1. The van der Waals surface area contributed by atoms with Gasteiger partial charge in [0.1, 0.15) is 17.8 Å². The SMILES string of the molecule is CC1CCCN(C(=O)c2cc(Nc3ccc(Cl)cc3Cl)ncn2)C1. The molecule has 1 amide bonds. The molecule has 1 unspecified atom stereocenters. The largest absolute Gasteiger partial charge is 0.339 e. The molecule has 0 aliphatic carbocycles. The Bertz CT molecular complexity index is 753. The topological polar surface area (TPSA) is 58.1 Å². The van der Waals surface area contributed by atoms with Crippen LogP contribution in [0.25, 0.3) is 0 Å². The minimum absolute atomic E-state index is 0.0609. The molecule has 5 nitrogen and oxygen atoms in total. The van der Waals surface area contributed by atoms with E-state index < -0.39 is 0 Å². The molecule has 1 aliphatic rings. The molecule has 1 N–H and O–H groups in total. The van der Waals surface area contributed by atoms with Gasteiger partial charge in [0, 0.05) is 24.2 Å². The van der Waals surface area contributed by atoms with Crippen LogP contribution in [0.5, 0.6) is 0 Å². The van der Waals surface area contributed by atoms with E-state index in [-0.39, 0.29) is 5.91 Å². The van der Waals surface area contributed by atoms with Crippen LogP contribution >= 0.6 is 23.2 Å². The second-order valence-corrected chi connectivity index (χ2v) is 6.88. The summed E-state index contributed by atoms with van der Waals surface area (Å²) in [5.41, 5.74) is 1.05. The van der Waals surface area contributed by atoms with Crippen molar-refractivity contribution in [3.05, 3.63) is 46.3 Å². The molecule has 1 saturated heterocycles. The van der Waals surface area contributed by atoms with E-state index in [1.165, 1.54) is 6.33 Å². The Balaban J connectivity index is 1.77. The molecule has 1 fully saturated rings. The van der Waals surface area contributed by atoms with Gasteiger partial charge in [-0.15, -0.1) is 0 Å². The summed E-state index contributed by atoms with van der Waals surface area (Å²) < 4.78 is 0. The molecule has 1 aromatic heterocycles. The van der Waals surface area contributed by atoms with Gasteiger partial charge in [-0.25, -0.2) is 9.97 Å². The first-order valence-electron chi connectivity index (χ1n) is 7.86. The molecule has 24 heavy (non-hydrogen) atoms. The molecule has 2 heterocycles. The lowest BCUT2D eigenvalue weighted by molar-refractivity contribution is 0.0677. The highest BCUT2D eigenvalue weighted by molar-refractivity contribution is 6.36. The van der Waals surface area contributed by atoms with E-state index in [2.05, 4.69) is 22.2 Å². The Hall–Kier alpha value is -1.85. The van der Waals surface area contributed by atoms with Crippen molar-refractivity contribution in [3.63, 3.8) is 0 Å². The summed E-state index contributed by atoms with van der Waals surface area (Å²) >= 11 is 12.1. The Morgan fingerprint density at radius 1 is 1.29 bits per heavy atom. The maximum atomic E-state index is 12.6. The van der Waals surface area contributed by atoms with Crippen LogP contribution in [0.4, 0.5) is 11.5 Å². The van der Waals surface area contributed by atoms with Gasteiger partial charge in [-0.2, -0.15) is 0 Å². The quantitative estimate of drug-likeness (QED) is 0.876. The number of hydrogen-bond donors (Lipinski definition) is 1. The third-order valence-corrected chi connectivity index (χ3v) is 4.57. The van der Waals surface area contributed by atoms with E-state index in [1.54, 1.807) is 24.3 Å². The first kappa shape index (κ1) is 17.0. The van der Waals surface area contributed by atoms with Gasteiger partial charge in [-0.3, -0.25) is 4.79 Å². The summed E-state index contributed by atoms with van der Waals surface area (Å²) in [5.74, 6) is 0.979. The van der Waals surface area contributed by atoms with Crippen molar-refractivity contribution in [1.29, 1.82) is 0 Å².